The summed E-state index contributed by atoms with van der Waals surface area (Å²) in [6.07, 6.45) is 5.94. The topological polar surface area (TPSA) is 87.7 Å². The number of carbonyl (C=O) groups is 2. The highest BCUT2D eigenvalue weighted by Crippen LogP contribution is 2.31. The highest BCUT2D eigenvalue weighted by atomic mass is 16.5. The third kappa shape index (κ3) is 4.64. The molecule has 2 aromatic carbocycles. The van der Waals surface area contributed by atoms with Crippen LogP contribution in [0.2, 0.25) is 0 Å². The summed E-state index contributed by atoms with van der Waals surface area (Å²) in [6, 6.07) is 16.2. The van der Waals surface area contributed by atoms with Crippen molar-refractivity contribution in [1.82, 2.24) is 5.32 Å². The maximum absolute atomic E-state index is 12.6. The second-order valence-corrected chi connectivity index (χ2v) is 7.90. The molecule has 1 unspecified atom stereocenters. The minimum Gasteiger partial charge on any atom is -0.511 e. The van der Waals surface area contributed by atoms with Crippen LogP contribution in [0, 0.1) is 5.92 Å². The summed E-state index contributed by atoms with van der Waals surface area (Å²) in [4.78, 5) is 25.2. The summed E-state index contributed by atoms with van der Waals surface area (Å²) in [7, 11) is 0. The zero-order chi connectivity index (χ0) is 20.9. The fourth-order valence-electron chi connectivity index (χ4n) is 4.21. The second kappa shape index (κ2) is 9.03. The van der Waals surface area contributed by atoms with Gasteiger partial charge in [0.25, 0.3) is 11.8 Å². The molecule has 2 amide bonds. The Kier molecular flexibility index (Phi) is 6.02. The number of ether oxygens (including phenoxy) is 1. The van der Waals surface area contributed by atoms with E-state index in [4.69, 9.17) is 4.74 Å². The van der Waals surface area contributed by atoms with Crippen LogP contribution in [0.5, 0.6) is 11.5 Å². The van der Waals surface area contributed by atoms with Gasteiger partial charge in [0.15, 0.2) is 0 Å². The van der Waals surface area contributed by atoms with Gasteiger partial charge in [-0.05, 0) is 55.2 Å². The average Bonchev–Trinajstić information content (AvgIpc) is 2.76. The molecule has 1 atom stereocenters. The molecule has 6 nitrogen and oxygen atoms in total. The van der Waals surface area contributed by atoms with Gasteiger partial charge in [0.05, 0.1) is 0 Å². The first kappa shape index (κ1) is 20.0. The minimum atomic E-state index is -0.608. The summed E-state index contributed by atoms with van der Waals surface area (Å²) in [5, 5.41) is 16.1. The van der Waals surface area contributed by atoms with Crippen LogP contribution in [-0.4, -0.2) is 23.0 Å². The van der Waals surface area contributed by atoms with Crippen LogP contribution in [0.3, 0.4) is 0 Å². The lowest BCUT2D eigenvalue weighted by molar-refractivity contribution is -0.123. The molecule has 0 saturated heterocycles. The molecule has 2 aliphatic rings. The Hall–Kier alpha value is -3.28. The van der Waals surface area contributed by atoms with E-state index < -0.39 is 11.8 Å². The average molecular weight is 406 g/mol. The molecule has 6 heteroatoms. The van der Waals surface area contributed by atoms with Crippen LogP contribution in [0.4, 0.5) is 5.69 Å². The molecule has 3 N–H and O–H groups in total. The number of hydrogen-bond acceptors (Lipinski definition) is 4. The SMILES string of the molecule is O=C(Nc1ccc(Oc2ccccc2)cc1)C1=C(O)CC(C2CCCCC2)NC1=O. The number of aliphatic hydroxyl groups excluding tert-OH is 1. The Bertz CT molecular complexity index is 931. The first-order valence-electron chi connectivity index (χ1n) is 10.5. The zero-order valence-corrected chi connectivity index (χ0v) is 16.8. The maximum atomic E-state index is 12.6. The van der Waals surface area contributed by atoms with Gasteiger partial charge in [-0.2, -0.15) is 0 Å². The summed E-state index contributed by atoms with van der Waals surface area (Å²) in [5.74, 6) is 0.477. The van der Waals surface area contributed by atoms with Crippen molar-refractivity contribution in [2.45, 2.75) is 44.6 Å². The monoisotopic (exact) mass is 406 g/mol. The third-order valence-electron chi connectivity index (χ3n) is 5.78. The molecule has 0 bridgehead atoms. The molecule has 156 valence electrons. The minimum absolute atomic E-state index is 0.0937. The van der Waals surface area contributed by atoms with E-state index in [1.54, 1.807) is 24.3 Å². The molecule has 1 heterocycles. The van der Waals surface area contributed by atoms with Crippen molar-refractivity contribution in [3.05, 3.63) is 65.9 Å². The Morgan fingerprint density at radius 2 is 1.63 bits per heavy atom. The van der Waals surface area contributed by atoms with Crippen molar-refractivity contribution < 1.29 is 19.4 Å². The number of amides is 2. The van der Waals surface area contributed by atoms with Gasteiger partial charge in [-0.15, -0.1) is 0 Å². The van der Waals surface area contributed by atoms with Crippen molar-refractivity contribution in [2.75, 3.05) is 5.32 Å². The molecule has 1 saturated carbocycles. The number of anilines is 1. The van der Waals surface area contributed by atoms with E-state index in [1.165, 1.54) is 6.42 Å². The number of nitrogens with one attached hydrogen (secondary N) is 2. The molecule has 30 heavy (non-hydrogen) atoms. The van der Waals surface area contributed by atoms with Gasteiger partial charge in [-0.1, -0.05) is 37.5 Å². The van der Waals surface area contributed by atoms with E-state index in [9.17, 15) is 14.7 Å². The molecule has 0 radical (unpaired) electrons. The molecule has 1 aliphatic carbocycles. The van der Waals surface area contributed by atoms with Gasteiger partial charge in [0, 0.05) is 18.2 Å². The normalized spacial score (nSPS) is 19.9. The highest BCUT2D eigenvalue weighted by Gasteiger charge is 2.35. The van der Waals surface area contributed by atoms with Crippen molar-refractivity contribution in [3.8, 4) is 11.5 Å². The van der Waals surface area contributed by atoms with Crippen LogP contribution in [0.15, 0.2) is 65.9 Å². The molecule has 1 fully saturated rings. The van der Waals surface area contributed by atoms with E-state index in [2.05, 4.69) is 10.6 Å². The largest absolute Gasteiger partial charge is 0.511 e. The smallest absolute Gasteiger partial charge is 0.264 e. The maximum Gasteiger partial charge on any atom is 0.264 e. The van der Waals surface area contributed by atoms with E-state index in [0.29, 0.717) is 23.8 Å². The molecule has 0 aromatic heterocycles. The van der Waals surface area contributed by atoms with Gasteiger partial charge in [-0.25, -0.2) is 0 Å². The van der Waals surface area contributed by atoms with Gasteiger partial charge >= 0.3 is 0 Å². The Morgan fingerprint density at radius 3 is 2.30 bits per heavy atom. The molecule has 2 aromatic rings. The van der Waals surface area contributed by atoms with Gasteiger partial charge < -0.3 is 20.5 Å². The number of benzene rings is 2. The van der Waals surface area contributed by atoms with Crippen molar-refractivity contribution in [3.63, 3.8) is 0 Å². The number of aliphatic hydroxyl groups is 1. The summed E-state index contributed by atoms with van der Waals surface area (Å²) >= 11 is 0. The third-order valence-corrected chi connectivity index (χ3v) is 5.78. The van der Waals surface area contributed by atoms with Crippen molar-refractivity contribution in [2.24, 2.45) is 5.92 Å². The van der Waals surface area contributed by atoms with Gasteiger partial charge in [0.1, 0.15) is 22.8 Å². The predicted octanol–water partition coefficient (Wildman–Crippen LogP) is 4.70. The predicted molar refractivity (Wildman–Crippen MR) is 114 cm³/mol. The van der Waals surface area contributed by atoms with E-state index in [0.717, 1.165) is 31.4 Å². The zero-order valence-electron chi connectivity index (χ0n) is 16.8. The summed E-state index contributed by atoms with van der Waals surface area (Å²) < 4.78 is 5.73. The number of hydrogen-bond donors (Lipinski definition) is 3. The van der Waals surface area contributed by atoms with Crippen LogP contribution in [0.25, 0.3) is 0 Å². The number of para-hydroxylation sites is 1. The number of rotatable bonds is 5. The van der Waals surface area contributed by atoms with Gasteiger partial charge in [-0.3, -0.25) is 9.59 Å². The molecular formula is C24H26N2O4. The van der Waals surface area contributed by atoms with Crippen LogP contribution >= 0.6 is 0 Å². The quantitative estimate of drug-likeness (QED) is 0.628. The lowest BCUT2D eigenvalue weighted by atomic mass is 9.81. The van der Waals surface area contributed by atoms with Crippen molar-refractivity contribution >= 4 is 17.5 Å². The fourth-order valence-corrected chi connectivity index (χ4v) is 4.21. The summed E-state index contributed by atoms with van der Waals surface area (Å²) in [5.41, 5.74) is 0.314. The molecule has 1 aliphatic heterocycles. The van der Waals surface area contributed by atoms with E-state index >= 15 is 0 Å². The Balaban J connectivity index is 1.39. The molecule has 4 rings (SSSR count). The van der Waals surface area contributed by atoms with Crippen molar-refractivity contribution in [1.29, 1.82) is 0 Å². The molecular weight excluding hydrogens is 380 g/mol. The highest BCUT2D eigenvalue weighted by molar-refractivity contribution is 6.23. The van der Waals surface area contributed by atoms with Gasteiger partial charge in [0.2, 0.25) is 0 Å². The Labute approximate surface area is 175 Å². The number of carbonyl (C=O) groups excluding carboxylic acids is 2. The fraction of sp³-hybridized carbons (Fsp3) is 0.333. The lowest BCUT2D eigenvalue weighted by Gasteiger charge is -2.33. The van der Waals surface area contributed by atoms with Crippen LogP contribution in [-0.2, 0) is 9.59 Å². The standard InChI is InChI=1S/C24H26N2O4/c27-21-15-20(16-7-3-1-4-8-16)26-24(29)22(21)23(28)25-17-11-13-19(14-12-17)30-18-9-5-2-6-10-18/h2,5-6,9-14,16,20,27H,1,3-4,7-8,15H2,(H,25,28)(H,26,29). The first-order valence-corrected chi connectivity index (χ1v) is 10.5. The first-order chi connectivity index (χ1) is 14.6. The Morgan fingerprint density at radius 1 is 0.967 bits per heavy atom. The molecule has 0 spiro atoms. The summed E-state index contributed by atoms with van der Waals surface area (Å²) in [6.45, 7) is 0. The van der Waals surface area contributed by atoms with E-state index in [-0.39, 0.29) is 17.4 Å². The van der Waals surface area contributed by atoms with Crippen LogP contribution in [0.1, 0.15) is 38.5 Å². The second-order valence-electron chi connectivity index (χ2n) is 7.90. The van der Waals surface area contributed by atoms with E-state index in [1.807, 2.05) is 30.3 Å². The van der Waals surface area contributed by atoms with Crippen LogP contribution < -0.4 is 15.4 Å². The lowest BCUT2D eigenvalue weighted by Crippen LogP contribution is -2.47.